The summed E-state index contributed by atoms with van der Waals surface area (Å²) in [4.78, 5) is 8.51. The largest absolute Gasteiger partial charge is 0.339 e. The van der Waals surface area contributed by atoms with Crippen molar-refractivity contribution in [3.63, 3.8) is 0 Å². The number of thiophene rings is 1. The molecule has 3 nitrogen and oxygen atoms in total. The van der Waals surface area contributed by atoms with E-state index in [9.17, 15) is 0 Å². The highest BCUT2D eigenvalue weighted by Gasteiger charge is 2.07. The van der Waals surface area contributed by atoms with Crippen LogP contribution in [0.1, 0.15) is 5.56 Å². The molecule has 1 N–H and O–H groups in total. The molecule has 0 atom stereocenters. The molecule has 0 fully saturated rings. The summed E-state index contributed by atoms with van der Waals surface area (Å²) in [5.74, 6) is 1.30. The Morgan fingerprint density at radius 3 is 2.94 bits per heavy atom. The Hall–Kier alpha value is -1.65. The van der Waals surface area contributed by atoms with Crippen LogP contribution in [0.4, 0.5) is 11.5 Å². The van der Waals surface area contributed by atoms with Gasteiger partial charge in [0.2, 0.25) is 0 Å². The second-order valence-electron chi connectivity index (χ2n) is 3.77. The second kappa shape index (κ2) is 4.92. The summed E-state index contributed by atoms with van der Waals surface area (Å²) in [5.41, 5.74) is 3.00. The molecule has 18 heavy (non-hydrogen) atoms. The first-order valence-electron chi connectivity index (χ1n) is 5.47. The van der Waals surface area contributed by atoms with Gasteiger partial charge in [-0.3, -0.25) is 0 Å². The normalized spacial score (nSPS) is 10.7. The molecule has 0 aliphatic carbocycles. The van der Waals surface area contributed by atoms with Gasteiger partial charge >= 0.3 is 0 Å². The van der Waals surface area contributed by atoms with Crippen molar-refractivity contribution in [1.82, 2.24) is 9.97 Å². The van der Waals surface area contributed by atoms with Gasteiger partial charge in [-0.2, -0.15) is 0 Å². The molecule has 1 aromatic carbocycles. The van der Waals surface area contributed by atoms with E-state index >= 15 is 0 Å². The Labute approximate surface area is 113 Å². The number of aromatic nitrogens is 2. The third-order valence-electron chi connectivity index (χ3n) is 2.66. The zero-order valence-electron chi connectivity index (χ0n) is 9.43. The number of nitrogens with one attached hydrogen (secondary N) is 1. The lowest BCUT2D eigenvalue weighted by molar-refractivity contribution is 1.22. The van der Waals surface area contributed by atoms with Gasteiger partial charge in [-0.1, -0.05) is 18.2 Å². The summed E-state index contributed by atoms with van der Waals surface area (Å²) < 4.78 is 1.06. The number of anilines is 2. The van der Waals surface area contributed by atoms with Crippen molar-refractivity contribution in [3.05, 3.63) is 47.6 Å². The first-order valence-corrected chi connectivity index (χ1v) is 6.89. The number of halogens is 1. The van der Waals surface area contributed by atoms with Crippen molar-refractivity contribution in [3.8, 4) is 0 Å². The number of hydrogen-bond acceptors (Lipinski definition) is 4. The highest BCUT2D eigenvalue weighted by atomic mass is 35.5. The molecule has 0 amide bonds. The average molecular weight is 276 g/mol. The van der Waals surface area contributed by atoms with Crippen LogP contribution in [0, 0.1) is 0 Å². The van der Waals surface area contributed by atoms with Crippen LogP contribution in [0.25, 0.3) is 10.2 Å². The molecule has 0 unspecified atom stereocenters. The number of rotatable bonds is 3. The van der Waals surface area contributed by atoms with Gasteiger partial charge in [-0.25, -0.2) is 9.97 Å². The Bertz CT molecular complexity index is 681. The number of nitrogens with zero attached hydrogens (tertiary/aromatic N) is 2. The maximum Gasteiger partial charge on any atom is 0.151 e. The fourth-order valence-electron chi connectivity index (χ4n) is 1.76. The third kappa shape index (κ3) is 2.05. The second-order valence-corrected chi connectivity index (χ2v) is 4.96. The molecule has 90 valence electrons. The first kappa shape index (κ1) is 11.4. The van der Waals surface area contributed by atoms with Gasteiger partial charge in [-0.05, 0) is 23.1 Å². The number of alkyl halides is 1. The molecule has 3 rings (SSSR count). The SMILES string of the molecule is ClCc1ccccc1Nc1ncnc2ccsc12. The average Bonchev–Trinajstić information content (AvgIpc) is 2.89. The summed E-state index contributed by atoms with van der Waals surface area (Å²) in [7, 11) is 0. The molecule has 0 spiro atoms. The zero-order chi connectivity index (χ0) is 12.4. The van der Waals surface area contributed by atoms with E-state index in [1.54, 1.807) is 17.7 Å². The van der Waals surface area contributed by atoms with Crippen LogP contribution in [-0.4, -0.2) is 9.97 Å². The van der Waals surface area contributed by atoms with Crippen molar-refractivity contribution >= 4 is 44.7 Å². The number of benzene rings is 1. The van der Waals surface area contributed by atoms with Crippen LogP contribution < -0.4 is 5.32 Å². The van der Waals surface area contributed by atoms with Crippen LogP contribution in [0.3, 0.4) is 0 Å². The minimum atomic E-state index is 0.474. The van der Waals surface area contributed by atoms with E-state index in [4.69, 9.17) is 11.6 Å². The molecular formula is C13H10ClN3S. The third-order valence-corrected chi connectivity index (χ3v) is 3.86. The Morgan fingerprint density at radius 2 is 2.06 bits per heavy atom. The Kier molecular flexibility index (Phi) is 3.13. The molecule has 0 saturated heterocycles. The number of para-hydroxylation sites is 1. The van der Waals surface area contributed by atoms with Crippen molar-refractivity contribution in [2.45, 2.75) is 5.88 Å². The van der Waals surface area contributed by atoms with E-state index in [0.29, 0.717) is 5.88 Å². The van der Waals surface area contributed by atoms with E-state index < -0.39 is 0 Å². The first-order chi connectivity index (χ1) is 8.88. The Balaban J connectivity index is 2.04. The van der Waals surface area contributed by atoms with Crippen LogP contribution in [0.2, 0.25) is 0 Å². The minimum absolute atomic E-state index is 0.474. The van der Waals surface area contributed by atoms with Gasteiger partial charge in [0.15, 0.2) is 5.82 Å². The summed E-state index contributed by atoms with van der Waals surface area (Å²) in [5, 5.41) is 5.34. The molecule has 2 aromatic heterocycles. The molecule has 0 radical (unpaired) electrons. The van der Waals surface area contributed by atoms with Crippen LogP contribution in [-0.2, 0) is 5.88 Å². The lowest BCUT2D eigenvalue weighted by atomic mass is 10.2. The maximum atomic E-state index is 5.93. The van der Waals surface area contributed by atoms with E-state index in [0.717, 1.165) is 27.3 Å². The fraction of sp³-hybridized carbons (Fsp3) is 0.0769. The van der Waals surface area contributed by atoms with E-state index in [2.05, 4.69) is 15.3 Å². The molecule has 0 bridgehead atoms. The van der Waals surface area contributed by atoms with Crippen molar-refractivity contribution < 1.29 is 0 Å². The molecule has 5 heteroatoms. The summed E-state index contributed by atoms with van der Waals surface area (Å²) in [6.45, 7) is 0. The van der Waals surface area contributed by atoms with Gasteiger partial charge in [0.05, 0.1) is 10.2 Å². The summed E-state index contributed by atoms with van der Waals surface area (Å²) in [6, 6.07) is 9.94. The molecule has 0 aliphatic rings. The summed E-state index contributed by atoms with van der Waals surface area (Å²) >= 11 is 7.55. The molecule has 3 aromatic rings. The Morgan fingerprint density at radius 1 is 1.17 bits per heavy atom. The smallest absolute Gasteiger partial charge is 0.151 e. The molecule has 0 aliphatic heterocycles. The lowest BCUT2D eigenvalue weighted by Gasteiger charge is -2.09. The predicted octanol–water partition coefficient (Wildman–Crippen LogP) is 4.17. The van der Waals surface area contributed by atoms with E-state index in [1.807, 2.05) is 35.7 Å². The number of hydrogen-bond donors (Lipinski definition) is 1. The zero-order valence-corrected chi connectivity index (χ0v) is 11.0. The minimum Gasteiger partial charge on any atom is -0.339 e. The highest BCUT2D eigenvalue weighted by Crippen LogP contribution is 2.28. The quantitative estimate of drug-likeness (QED) is 0.729. The summed E-state index contributed by atoms with van der Waals surface area (Å²) in [6.07, 6.45) is 1.57. The van der Waals surface area contributed by atoms with Gasteiger partial charge in [0.25, 0.3) is 0 Å². The predicted molar refractivity (Wildman–Crippen MR) is 76.7 cm³/mol. The van der Waals surface area contributed by atoms with E-state index in [1.165, 1.54) is 0 Å². The highest BCUT2D eigenvalue weighted by molar-refractivity contribution is 7.17. The van der Waals surface area contributed by atoms with Gasteiger partial charge in [0.1, 0.15) is 6.33 Å². The van der Waals surface area contributed by atoms with Crippen molar-refractivity contribution in [1.29, 1.82) is 0 Å². The fourth-order valence-corrected chi connectivity index (χ4v) is 2.79. The van der Waals surface area contributed by atoms with Crippen LogP contribution in [0.5, 0.6) is 0 Å². The van der Waals surface area contributed by atoms with Crippen molar-refractivity contribution in [2.75, 3.05) is 5.32 Å². The molecule has 0 saturated carbocycles. The lowest BCUT2D eigenvalue weighted by Crippen LogP contribution is -1.97. The van der Waals surface area contributed by atoms with Gasteiger partial charge in [0, 0.05) is 11.6 Å². The van der Waals surface area contributed by atoms with E-state index in [-0.39, 0.29) is 0 Å². The topological polar surface area (TPSA) is 37.8 Å². The van der Waals surface area contributed by atoms with Gasteiger partial charge in [-0.15, -0.1) is 22.9 Å². The van der Waals surface area contributed by atoms with Gasteiger partial charge < -0.3 is 5.32 Å². The monoisotopic (exact) mass is 275 g/mol. The van der Waals surface area contributed by atoms with Crippen molar-refractivity contribution in [2.24, 2.45) is 0 Å². The number of fused-ring (bicyclic) bond motifs is 1. The van der Waals surface area contributed by atoms with Crippen LogP contribution >= 0.6 is 22.9 Å². The standard InChI is InChI=1S/C13H10ClN3S/c14-7-9-3-1-2-4-10(9)17-13-12-11(5-6-18-12)15-8-16-13/h1-6,8H,7H2,(H,15,16,17). The van der Waals surface area contributed by atoms with Crippen LogP contribution in [0.15, 0.2) is 42.0 Å². The molecular weight excluding hydrogens is 266 g/mol. The molecule has 2 heterocycles. The maximum absolute atomic E-state index is 5.93.